The molecule has 0 saturated carbocycles. The number of carbonyl (C=O) groups is 4. The number of imide groups is 2. The number of fused-ring (bicyclic) bond motifs is 1. The number of rotatable bonds is 4. The fraction of sp³-hybridized carbons (Fsp3) is 0.333. The van der Waals surface area contributed by atoms with Gasteiger partial charge in [0.2, 0.25) is 11.8 Å². The topological polar surface area (TPSA) is 133 Å². The molecule has 0 bridgehead atoms. The predicted molar refractivity (Wildman–Crippen MR) is 76.8 cm³/mol. The number of nitrogens with zero attached hydrogens (tertiary/aromatic N) is 1. The molecule has 3 rings (SSSR count). The highest BCUT2D eigenvalue weighted by atomic mass is 16.5. The van der Waals surface area contributed by atoms with Gasteiger partial charge in [0.25, 0.3) is 11.8 Å². The van der Waals surface area contributed by atoms with Crippen molar-refractivity contribution < 1.29 is 34.1 Å². The molecule has 0 radical (unpaired) electrons. The van der Waals surface area contributed by atoms with E-state index in [1.807, 2.05) is 0 Å². The van der Waals surface area contributed by atoms with E-state index in [1.165, 1.54) is 18.2 Å². The van der Waals surface area contributed by atoms with Crippen LogP contribution in [0.2, 0.25) is 0 Å². The van der Waals surface area contributed by atoms with E-state index in [1.54, 1.807) is 0 Å². The zero-order chi connectivity index (χ0) is 17.4. The molecule has 3 N–H and O–H groups in total. The fourth-order valence-corrected chi connectivity index (χ4v) is 2.71. The maximum Gasteiger partial charge on any atom is 0.262 e. The van der Waals surface area contributed by atoms with Crippen LogP contribution in [0, 0.1) is 0 Å². The first kappa shape index (κ1) is 16.1. The predicted octanol–water partition coefficient (Wildman–Crippen LogP) is -1.22. The number of carbonyl (C=O) groups excluding carboxylic acids is 4. The first-order valence-electron chi connectivity index (χ1n) is 7.23. The molecule has 1 aromatic rings. The van der Waals surface area contributed by atoms with Crippen molar-refractivity contribution in [1.29, 1.82) is 0 Å². The molecule has 1 aromatic carbocycles. The van der Waals surface area contributed by atoms with E-state index in [2.05, 4.69) is 5.32 Å². The van der Waals surface area contributed by atoms with Crippen LogP contribution in [0.3, 0.4) is 0 Å². The molecule has 2 heterocycles. The summed E-state index contributed by atoms with van der Waals surface area (Å²) >= 11 is 0. The first-order chi connectivity index (χ1) is 11.4. The molecule has 1 unspecified atom stereocenters. The van der Waals surface area contributed by atoms with Crippen LogP contribution in [0.25, 0.3) is 0 Å². The van der Waals surface area contributed by atoms with Gasteiger partial charge in [0.15, 0.2) is 6.29 Å². The van der Waals surface area contributed by atoms with Crippen molar-refractivity contribution in [3.63, 3.8) is 0 Å². The van der Waals surface area contributed by atoms with E-state index in [9.17, 15) is 19.2 Å². The van der Waals surface area contributed by atoms with Crippen LogP contribution in [-0.2, 0) is 9.59 Å². The third-order valence-corrected chi connectivity index (χ3v) is 3.81. The van der Waals surface area contributed by atoms with Gasteiger partial charge in [-0.15, -0.1) is 0 Å². The summed E-state index contributed by atoms with van der Waals surface area (Å²) in [6.45, 7) is -0.391. The normalized spacial score (nSPS) is 20.5. The molecular formula is C15H14N2O7. The van der Waals surface area contributed by atoms with Crippen molar-refractivity contribution in [2.24, 2.45) is 0 Å². The summed E-state index contributed by atoms with van der Waals surface area (Å²) in [5.74, 6) is -2.20. The summed E-state index contributed by atoms with van der Waals surface area (Å²) in [5.41, 5.74) is 0.191. The van der Waals surface area contributed by atoms with E-state index in [-0.39, 0.29) is 29.7 Å². The van der Waals surface area contributed by atoms with Gasteiger partial charge in [-0.25, -0.2) is 0 Å². The second kappa shape index (κ2) is 6.02. The monoisotopic (exact) mass is 334 g/mol. The average Bonchev–Trinajstić information content (AvgIpc) is 2.77. The Labute approximate surface area is 135 Å². The van der Waals surface area contributed by atoms with Gasteiger partial charge in [0.05, 0.1) is 11.1 Å². The van der Waals surface area contributed by atoms with Crippen LogP contribution in [0.1, 0.15) is 33.6 Å². The lowest BCUT2D eigenvalue weighted by molar-refractivity contribution is -0.136. The van der Waals surface area contributed by atoms with Gasteiger partial charge in [-0.3, -0.25) is 29.4 Å². The van der Waals surface area contributed by atoms with Crippen LogP contribution in [-0.4, -0.2) is 57.7 Å². The van der Waals surface area contributed by atoms with Crippen LogP contribution in [0.15, 0.2) is 18.2 Å². The number of piperidine rings is 1. The lowest BCUT2D eigenvalue weighted by atomic mass is 10.0. The lowest BCUT2D eigenvalue weighted by Gasteiger charge is -2.27. The van der Waals surface area contributed by atoms with Crippen LogP contribution < -0.4 is 10.1 Å². The molecule has 2 aliphatic rings. The molecule has 1 saturated heterocycles. The van der Waals surface area contributed by atoms with Gasteiger partial charge >= 0.3 is 0 Å². The van der Waals surface area contributed by atoms with E-state index in [0.29, 0.717) is 0 Å². The molecule has 0 aliphatic carbocycles. The minimum Gasteiger partial charge on any atom is -0.488 e. The summed E-state index contributed by atoms with van der Waals surface area (Å²) in [7, 11) is 0. The second-order valence-electron chi connectivity index (χ2n) is 5.45. The highest BCUT2D eigenvalue weighted by Gasteiger charge is 2.44. The van der Waals surface area contributed by atoms with Gasteiger partial charge in [-0.1, -0.05) is 0 Å². The quantitative estimate of drug-likeness (QED) is 0.464. The SMILES string of the molecule is O=C1CCC(N2C(=O)c3ccc(OCC(O)O)cc3C2=O)C(=O)N1. The number of hydrogen-bond donors (Lipinski definition) is 3. The highest BCUT2D eigenvalue weighted by molar-refractivity contribution is 6.23. The molecule has 1 fully saturated rings. The van der Waals surface area contributed by atoms with Crippen molar-refractivity contribution in [2.45, 2.75) is 25.2 Å². The van der Waals surface area contributed by atoms with E-state index < -0.39 is 42.6 Å². The van der Waals surface area contributed by atoms with E-state index in [4.69, 9.17) is 14.9 Å². The van der Waals surface area contributed by atoms with Crippen LogP contribution in [0.5, 0.6) is 5.75 Å². The number of hydrogen-bond acceptors (Lipinski definition) is 7. The van der Waals surface area contributed by atoms with Crippen molar-refractivity contribution in [3.8, 4) is 5.75 Å². The number of amides is 4. The number of benzene rings is 1. The minimum absolute atomic E-state index is 0.0482. The molecule has 0 spiro atoms. The lowest BCUT2D eigenvalue weighted by Crippen LogP contribution is -2.54. The molecular weight excluding hydrogens is 320 g/mol. The maximum atomic E-state index is 12.5. The number of aliphatic hydroxyl groups is 2. The molecule has 126 valence electrons. The van der Waals surface area contributed by atoms with Gasteiger partial charge in [0.1, 0.15) is 18.4 Å². The van der Waals surface area contributed by atoms with Gasteiger partial charge < -0.3 is 14.9 Å². The zero-order valence-electron chi connectivity index (χ0n) is 12.4. The van der Waals surface area contributed by atoms with Crippen LogP contribution >= 0.6 is 0 Å². The Bertz CT molecular complexity index is 743. The van der Waals surface area contributed by atoms with Crippen molar-refractivity contribution >= 4 is 23.6 Å². The van der Waals surface area contributed by atoms with E-state index >= 15 is 0 Å². The number of nitrogens with one attached hydrogen (secondary N) is 1. The summed E-state index contributed by atoms with van der Waals surface area (Å²) in [4.78, 5) is 48.9. The van der Waals surface area contributed by atoms with Crippen LogP contribution in [0.4, 0.5) is 0 Å². The molecule has 4 amide bonds. The Hall–Kier alpha value is -2.78. The van der Waals surface area contributed by atoms with Gasteiger partial charge in [-0.05, 0) is 24.6 Å². The largest absolute Gasteiger partial charge is 0.488 e. The number of ether oxygens (including phenoxy) is 1. The first-order valence-corrected chi connectivity index (χ1v) is 7.23. The highest BCUT2D eigenvalue weighted by Crippen LogP contribution is 2.30. The summed E-state index contributed by atoms with van der Waals surface area (Å²) in [6, 6.07) is 3.07. The molecule has 24 heavy (non-hydrogen) atoms. The van der Waals surface area contributed by atoms with E-state index in [0.717, 1.165) is 4.90 Å². The Morgan fingerprint density at radius 2 is 1.88 bits per heavy atom. The zero-order valence-corrected chi connectivity index (χ0v) is 12.4. The molecule has 2 aliphatic heterocycles. The van der Waals surface area contributed by atoms with Crippen molar-refractivity contribution in [3.05, 3.63) is 29.3 Å². The Balaban J connectivity index is 1.85. The van der Waals surface area contributed by atoms with Crippen molar-refractivity contribution in [2.75, 3.05) is 6.61 Å². The average molecular weight is 334 g/mol. The summed E-state index contributed by atoms with van der Waals surface area (Å²) in [6.07, 6.45) is -1.54. The Kier molecular flexibility index (Phi) is 4.04. The third-order valence-electron chi connectivity index (χ3n) is 3.81. The molecule has 9 nitrogen and oxygen atoms in total. The Morgan fingerprint density at radius 1 is 1.17 bits per heavy atom. The van der Waals surface area contributed by atoms with Gasteiger partial charge in [-0.2, -0.15) is 0 Å². The molecule has 1 atom stereocenters. The summed E-state index contributed by atoms with van der Waals surface area (Å²) < 4.78 is 5.09. The molecule has 9 heteroatoms. The third kappa shape index (κ3) is 2.74. The number of aliphatic hydroxyl groups excluding tert-OH is 1. The Morgan fingerprint density at radius 3 is 2.54 bits per heavy atom. The maximum absolute atomic E-state index is 12.5. The van der Waals surface area contributed by atoms with Gasteiger partial charge in [0, 0.05) is 6.42 Å². The molecule has 0 aromatic heterocycles. The van der Waals surface area contributed by atoms with Crippen molar-refractivity contribution in [1.82, 2.24) is 10.2 Å². The minimum atomic E-state index is -1.67. The summed E-state index contributed by atoms with van der Waals surface area (Å²) in [5, 5.41) is 19.7. The standard InChI is InChI=1S/C15H14N2O7/c18-11-4-3-10(13(21)16-11)17-14(22)8-2-1-7(24-6-12(19)20)5-9(8)15(17)23/h1-2,5,10,12,19-20H,3-4,6H2,(H,16,18,21). The fourth-order valence-electron chi connectivity index (χ4n) is 2.71. The second-order valence-corrected chi connectivity index (χ2v) is 5.45. The smallest absolute Gasteiger partial charge is 0.262 e.